The van der Waals surface area contributed by atoms with Crippen LogP contribution in [0.4, 0.5) is 0 Å². The molecule has 0 aromatic heterocycles. The molecule has 1 saturated carbocycles. The summed E-state index contributed by atoms with van der Waals surface area (Å²) in [5, 5.41) is 5.47. The first-order chi connectivity index (χ1) is 8.49. The smallest absolute Gasteiger partial charge is 0.239 e. The van der Waals surface area contributed by atoms with Crippen molar-refractivity contribution in [1.82, 2.24) is 10.6 Å². The Kier molecular flexibility index (Phi) is 6.12. The van der Waals surface area contributed by atoms with Crippen LogP contribution < -0.4 is 16.4 Å². The summed E-state index contributed by atoms with van der Waals surface area (Å²) in [5.74, 6) is 0.318. The van der Waals surface area contributed by atoms with Crippen molar-refractivity contribution >= 4 is 11.8 Å². The van der Waals surface area contributed by atoms with Crippen LogP contribution in [0.15, 0.2) is 0 Å². The molecular weight excluding hydrogens is 230 g/mol. The van der Waals surface area contributed by atoms with Crippen LogP contribution in [0.3, 0.4) is 0 Å². The SMILES string of the molecule is CC(C)CNC(=O)CNC(=O)C1CCC(N)CC1. The summed E-state index contributed by atoms with van der Waals surface area (Å²) in [7, 11) is 0. The number of hydrogen-bond donors (Lipinski definition) is 3. The van der Waals surface area contributed by atoms with Gasteiger partial charge in [0, 0.05) is 18.5 Å². The predicted molar refractivity (Wildman–Crippen MR) is 70.8 cm³/mol. The molecule has 104 valence electrons. The summed E-state index contributed by atoms with van der Waals surface area (Å²) in [6, 6.07) is 0.239. The third-order valence-corrected chi connectivity index (χ3v) is 3.27. The lowest BCUT2D eigenvalue weighted by molar-refractivity contribution is -0.129. The normalized spacial score (nSPS) is 23.8. The highest BCUT2D eigenvalue weighted by atomic mass is 16.2. The number of amides is 2. The summed E-state index contributed by atoms with van der Waals surface area (Å²) in [4.78, 5) is 23.3. The maximum absolute atomic E-state index is 11.8. The van der Waals surface area contributed by atoms with Gasteiger partial charge in [0.1, 0.15) is 0 Å². The van der Waals surface area contributed by atoms with Crippen LogP contribution in [-0.2, 0) is 9.59 Å². The zero-order valence-corrected chi connectivity index (χ0v) is 11.4. The van der Waals surface area contributed by atoms with Crippen molar-refractivity contribution in [3.8, 4) is 0 Å². The van der Waals surface area contributed by atoms with Crippen molar-refractivity contribution < 1.29 is 9.59 Å². The van der Waals surface area contributed by atoms with E-state index in [4.69, 9.17) is 5.73 Å². The molecule has 5 heteroatoms. The van der Waals surface area contributed by atoms with Gasteiger partial charge < -0.3 is 16.4 Å². The first kappa shape index (κ1) is 15.0. The van der Waals surface area contributed by atoms with Crippen LogP contribution in [0.5, 0.6) is 0 Å². The largest absolute Gasteiger partial charge is 0.354 e. The summed E-state index contributed by atoms with van der Waals surface area (Å²) in [5.41, 5.74) is 5.79. The van der Waals surface area contributed by atoms with Gasteiger partial charge in [-0.15, -0.1) is 0 Å². The molecule has 1 aliphatic carbocycles. The molecule has 4 N–H and O–H groups in total. The second-order valence-electron chi connectivity index (χ2n) is 5.53. The predicted octanol–water partition coefficient (Wildman–Crippen LogP) is 0.392. The van der Waals surface area contributed by atoms with E-state index in [1.165, 1.54) is 0 Å². The Morgan fingerprint density at radius 1 is 1.17 bits per heavy atom. The number of nitrogens with one attached hydrogen (secondary N) is 2. The Labute approximate surface area is 109 Å². The highest BCUT2D eigenvalue weighted by Gasteiger charge is 2.24. The molecule has 5 nitrogen and oxygen atoms in total. The van der Waals surface area contributed by atoms with Gasteiger partial charge in [0.15, 0.2) is 0 Å². The van der Waals surface area contributed by atoms with Gasteiger partial charge >= 0.3 is 0 Å². The number of nitrogens with two attached hydrogens (primary N) is 1. The van der Waals surface area contributed by atoms with Gasteiger partial charge in [-0.2, -0.15) is 0 Å². The Morgan fingerprint density at radius 2 is 1.78 bits per heavy atom. The van der Waals surface area contributed by atoms with E-state index in [0.29, 0.717) is 12.5 Å². The Bertz CT molecular complexity index is 284. The van der Waals surface area contributed by atoms with E-state index in [1.54, 1.807) is 0 Å². The molecule has 0 unspecified atom stereocenters. The Morgan fingerprint density at radius 3 is 2.33 bits per heavy atom. The standard InChI is InChI=1S/C13H25N3O2/c1-9(2)7-15-12(17)8-16-13(18)10-3-5-11(14)6-4-10/h9-11H,3-8,14H2,1-2H3,(H,15,17)(H,16,18). The monoisotopic (exact) mass is 255 g/mol. The quantitative estimate of drug-likeness (QED) is 0.664. The zero-order chi connectivity index (χ0) is 13.5. The molecule has 1 rings (SSSR count). The fourth-order valence-corrected chi connectivity index (χ4v) is 2.07. The van der Waals surface area contributed by atoms with E-state index >= 15 is 0 Å². The number of carbonyl (C=O) groups is 2. The van der Waals surface area contributed by atoms with Crippen molar-refractivity contribution in [2.24, 2.45) is 17.6 Å². The van der Waals surface area contributed by atoms with E-state index in [1.807, 2.05) is 13.8 Å². The minimum atomic E-state index is -0.121. The molecule has 0 aromatic rings. The number of carbonyl (C=O) groups excluding carboxylic acids is 2. The Hall–Kier alpha value is -1.10. The van der Waals surface area contributed by atoms with Gasteiger partial charge in [0.05, 0.1) is 6.54 Å². The molecule has 1 aliphatic rings. The molecule has 0 bridgehead atoms. The molecule has 0 aromatic carbocycles. The highest BCUT2D eigenvalue weighted by Crippen LogP contribution is 2.22. The van der Waals surface area contributed by atoms with Crippen molar-refractivity contribution in [3.63, 3.8) is 0 Å². The summed E-state index contributed by atoms with van der Waals surface area (Å²) < 4.78 is 0. The third-order valence-electron chi connectivity index (χ3n) is 3.27. The summed E-state index contributed by atoms with van der Waals surface area (Å²) in [6.45, 7) is 4.79. The van der Waals surface area contributed by atoms with Crippen molar-refractivity contribution in [2.45, 2.75) is 45.6 Å². The van der Waals surface area contributed by atoms with Crippen LogP contribution in [0.1, 0.15) is 39.5 Å². The molecule has 0 atom stereocenters. The Balaban J connectivity index is 2.18. The van der Waals surface area contributed by atoms with Crippen LogP contribution in [0, 0.1) is 11.8 Å². The van der Waals surface area contributed by atoms with E-state index < -0.39 is 0 Å². The second-order valence-corrected chi connectivity index (χ2v) is 5.53. The third kappa shape index (κ3) is 5.49. The highest BCUT2D eigenvalue weighted by molar-refractivity contribution is 5.85. The van der Waals surface area contributed by atoms with Crippen LogP contribution in [-0.4, -0.2) is 30.9 Å². The second kappa shape index (κ2) is 7.36. The van der Waals surface area contributed by atoms with Gasteiger partial charge in [0.25, 0.3) is 0 Å². The summed E-state index contributed by atoms with van der Waals surface area (Å²) >= 11 is 0. The van der Waals surface area contributed by atoms with E-state index in [-0.39, 0.29) is 30.3 Å². The lowest BCUT2D eigenvalue weighted by Crippen LogP contribution is -2.42. The molecule has 0 radical (unpaired) electrons. The minimum absolute atomic E-state index is 0.0124. The van der Waals surface area contributed by atoms with E-state index in [9.17, 15) is 9.59 Å². The van der Waals surface area contributed by atoms with Crippen molar-refractivity contribution in [3.05, 3.63) is 0 Å². The van der Waals surface area contributed by atoms with E-state index in [2.05, 4.69) is 10.6 Å². The van der Waals surface area contributed by atoms with Gasteiger partial charge in [-0.1, -0.05) is 13.8 Å². The fraction of sp³-hybridized carbons (Fsp3) is 0.846. The van der Waals surface area contributed by atoms with Gasteiger partial charge in [0.2, 0.25) is 11.8 Å². The maximum atomic E-state index is 11.8. The average molecular weight is 255 g/mol. The molecular formula is C13H25N3O2. The molecule has 18 heavy (non-hydrogen) atoms. The molecule has 0 heterocycles. The van der Waals surface area contributed by atoms with Crippen molar-refractivity contribution in [1.29, 1.82) is 0 Å². The van der Waals surface area contributed by atoms with Crippen LogP contribution in [0.2, 0.25) is 0 Å². The van der Waals surface area contributed by atoms with Crippen molar-refractivity contribution in [2.75, 3.05) is 13.1 Å². The lowest BCUT2D eigenvalue weighted by atomic mass is 9.86. The molecule has 0 saturated heterocycles. The van der Waals surface area contributed by atoms with Crippen LogP contribution >= 0.6 is 0 Å². The average Bonchev–Trinajstić information content (AvgIpc) is 2.34. The van der Waals surface area contributed by atoms with Gasteiger partial charge in [-0.3, -0.25) is 9.59 Å². The van der Waals surface area contributed by atoms with Gasteiger partial charge in [-0.05, 0) is 31.6 Å². The molecule has 1 fully saturated rings. The van der Waals surface area contributed by atoms with E-state index in [0.717, 1.165) is 25.7 Å². The molecule has 0 aliphatic heterocycles. The number of hydrogen-bond acceptors (Lipinski definition) is 3. The van der Waals surface area contributed by atoms with Crippen LogP contribution in [0.25, 0.3) is 0 Å². The first-order valence-corrected chi connectivity index (χ1v) is 6.79. The lowest BCUT2D eigenvalue weighted by Gasteiger charge is -2.25. The topological polar surface area (TPSA) is 84.2 Å². The minimum Gasteiger partial charge on any atom is -0.354 e. The number of rotatable bonds is 5. The zero-order valence-electron chi connectivity index (χ0n) is 11.4. The molecule has 2 amide bonds. The summed E-state index contributed by atoms with van der Waals surface area (Å²) in [6.07, 6.45) is 3.47. The molecule has 0 spiro atoms. The fourth-order valence-electron chi connectivity index (χ4n) is 2.07. The maximum Gasteiger partial charge on any atom is 0.239 e. The van der Waals surface area contributed by atoms with Gasteiger partial charge in [-0.25, -0.2) is 0 Å². The first-order valence-electron chi connectivity index (χ1n) is 6.79.